The van der Waals surface area contributed by atoms with Crippen LogP contribution in [-0.2, 0) is 4.79 Å². The van der Waals surface area contributed by atoms with Crippen LogP contribution in [0.4, 0.5) is 0 Å². The Kier molecular flexibility index (Phi) is 16.1. The molecule has 0 aromatic rings. The second-order valence-corrected chi connectivity index (χ2v) is 6.05. The van der Waals surface area contributed by atoms with E-state index in [1.54, 1.807) is 0 Å². The first-order chi connectivity index (χ1) is 11.2. The first-order valence-electron chi connectivity index (χ1n) is 9.19. The maximum absolute atomic E-state index is 10.3. The summed E-state index contributed by atoms with van der Waals surface area (Å²) in [5.74, 6) is 5.42. The van der Waals surface area contributed by atoms with Crippen LogP contribution in [0.5, 0.6) is 0 Å². The third kappa shape index (κ3) is 18.7. The molecule has 0 aromatic heterocycles. The minimum absolute atomic E-state index is 0.221. The zero-order valence-corrected chi connectivity index (χ0v) is 14.7. The summed E-state index contributed by atoms with van der Waals surface area (Å²) in [4.78, 5) is 10.3. The fourth-order valence-corrected chi connectivity index (χ4v) is 2.27. The Morgan fingerprint density at radius 1 is 1.00 bits per heavy atom. The largest absolute Gasteiger partial charge is 0.481 e. The number of aliphatic hydroxyl groups excluding tert-OH is 1. The van der Waals surface area contributed by atoms with Crippen LogP contribution in [0.15, 0.2) is 12.2 Å². The maximum atomic E-state index is 10.3. The summed E-state index contributed by atoms with van der Waals surface area (Å²) in [6.45, 7) is 2.14. The lowest BCUT2D eigenvalue weighted by atomic mass is 10.1. The van der Waals surface area contributed by atoms with Crippen molar-refractivity contribution < 1.29 is 15.0 Å². The van der Waals surface area contributed by atoms with Crippen molar-refractivity contribution in [3.05, 3.63) is 12.2 Å². The van der Waals surface area contributed by atoms with Crippen LogP contribution in [0.25, 0.3) is 0 Å². The van der Waals surface area contributed by atoms with E-state index in [0.717, 1.165) is 38.5 Å². The van der Waals surface area contributed by atoms with Crippen molar-refractivity contribution in [2.24, 2.45) is 0 Å². The summed E-state index contributed by atoms with van der Waals surface area (Å²) in [6, 6.07) is 0. The number of aliphatic carboxylic acids is 1. The normalized spacial score (nSPS) is 12.1. The van der Waals surface area contributed by atoms with Gasteiger partial charge < -0.3 is 10.2 Å². The first kappa shape index (κ1) is 21.7. The van der Waals surface area contributed by atoms with Crippen LogP contribution in [0.3, 0.4) is 0 Å². The van der Waals surface area contributed by atoms with E-state index < -0.39 is 5.97 Å². The van der Waals surface area contributed by atoms with Crippen LogP contribution in [0, 0.1) is 11.8 Å². The van der Waals surface area contributed by atoms with E-state index in [1.165, 1.54) is 25.7 Å². The highest BCUT2D eigenvalue weighted by Crippen LogP contribution is 2.08. The lowest BCUT2D eigenvalue weighted by Crippen LogP contribution is -2.00. The molecule has 0 radical (unpaired) electrons. The van der Waals surface area contributed by atoms with E-state index in [1.807, 2.05) is 6.08 Å². The summed E-state index contributed by atoms with van der Waals surface area (Å²) < 4.78 is 0. The second kappa shape index (κ2) is 17.1. The highest BCUT2D eigenvalue weighted by Gasteiger charge is 1.96. The van der Waals surface area contributed by atoms with Gasteiger partial charge in [0.2, 0.25) is 0 Å². The molecule has 0 amide bonds. The first-order valence-corrected chi connectivity index (χ1v) is 9.19. The van der Waals surface area contributed by atoms with Crippen molar-refractivity contribution >= 4 is 5.97 Å². The summed E-state index contributed by atoms with van der Waals surface area (Å²) >= 11 is 0. The van der Waals surface area contributed by atoms with Gasteiger partial charge in [0.15, 0.2) is 0 Å². The molecule has 0 saturated carbocycles. The zero-order chi connectivity index (χ0) is 17.2. The van der Waals surface area contributed by atoms with Crippen molar-refractivity contribution in [3.8, 4) is 11.8 Å². The van der Waals surface area contributed by atoms with Crippen molar-refractivity contribution in [1.82, 2.24) is 0 Å². The number of rotatable bonds is 14. The van der Waals surface area contributed by atoms with E-state index >= 15 is 0 Å². The van der Waals surface area contributed by atoms with Gasteiger partial charge in [0, 0.05) is 19.3 Å². The molecular formula is C20H34O3. The molecule has 23 heavy (non-hydrogen) atoms. The lowest BCUT2D eigenvalue weighted by molar-refractivity contribution is -0.137. The third-order valence-corrected chi connectivity index (χ3v) is 3.70. The summed E-state index contributed by atoms with van der Waals surface area (Å²) in [5, 5.41) is 18.1. The molecule has 3 nitrogen and oxygen atoms in total. The zero-order valence-electron chi connectivity index (χ0n) is 14.7. The number of carbonyl (C=O) groups is 1. The molecule has 3 heteroatoms. The van der Waals surface area contributed by atoms with Gasteiger partial charge >= 0.3 is 5.97 Å². The number of aliphatic hydroxyl groups is 1. The molecule has 0 aliphatic carbocycles. The van der Waals surface area contributed by atoms with E-state index in [9.17, 15) is 9.90 Å². The monoisotopic (exact) mass is 322 g/mol. The number of carboxylic acids is 1. The SMILES string of the molecule is CCCC[C@@H](O)C=CCCCCCCCC#CCCCC(=O)O. The molecule has 1 atom stereocenters. The maximum Gasteiger partial charge on any atom is 0.303 e. The number of allylic oxidation sites excluding steroid dienone is 1. The Morgan fingerprint density at radius 2 is 1.65 bits per heavy atom. The van der Waals surface area contributed by atoms with Gasteiger partial charge in [-0.05, 0) is 32.1 Å². The van der Waals surface area contributed by atoms with Crippen LogP contribution >= 0.6 is 0 Å². The van der Waals surface area contributed by atoms with Crippen LogP contribution < -0.4 is 0 Å². The van der Waals surface area contributed by atoms with Crippen molar-refractivity contribution in [1.29, 1.82) is 0 Å². The van der Waals surface area contributed by atoms with Gasteiger partial charge in [-0.15, -0.1) is 11.8 Å². The topological polar surface area (TPSA) is 57.5 Å². The average Bonchev–Trinajstić information content (AvgIpc) is 2.52. The lowest BCUT2D eigenvalue weighted by Gasteiger charge is -2.03. The molecule has 0 saturated heterocycles. The predicted octanol–water partition coefficient (Wildman–Crippen LogP) is 5.08. The van der Waals surface area contributed by atoms with Crippen molar-refractivity contribution in [3.63, 3.8) is 0 Å². The molecule has 0 aliphatic rings. The van der Waals surface area contributed by atoms with Gasteiger partial charge in [-0.3, -0.25) is 4.79 Å². The third-order valence-electron chi connectivity index (χ3n) is 3.70. The van der Waals surface area contributed by atoms with Gasteiger partial charge in [0.25, 0.3) is 0 Å². The molecular weight excluding hydrogens is 288 g/mol. The molecule has 0 aliphatic heterocycles. The molecule has 2 N–H and O–H groups in total. The van der Waals surface area contributed by atoms with Crippen molar-refractivity contribution in [2.75, 3.05) is 0 Å². The van der Waals surface area contributed by atoms with E-state index in [2.05, 4.69) is 24.8 Å². The Labute approximate surface area is 142 Å². The average molecular weight is 322 g/mol. The Hall–Kier alpha value is -1.27. The number of hydrogen-bond donors (Lipinski definition) is 2. The molecule has 0 spiro atoms. The molecule has 0 fully saturated rings. The predicted molar refractivity (Wildman–Crippen MR) is 96.3 cm³/mol. The standard InChI is InChI=1S/C20H34O3/c1-2-3-16-19(21)17-14-12-10-8-6-4-5-7-9-11-13-15-18-20(22)23/h14,17,19,21H,2-8,10,12-13,15-16,18H2,1H3,(H,22,23)/t19-/m1/s1. The van der Waals surface area contributed by atoms with Crippen LogP contribution in [-0.4, -0.2) is 22.3 Å². The van der Waals surface area contributed by atoms with Gasteiger partial charge in [-0.1, -0.05) is 51.2 Å². The molecule has 0 unspecified atom stereocenters. The van der Waals surface area contributed by atoms with Crippen LogP contribution in [0.1, 0.15) is 90.4 Å². The van der Waals surface area contributed by atoms with Gasteiger partial charge in [-0.25, -0.2) is 0 Å². The van der Waals surface area contributed by atoms with Gasteiger partial charge in [0.1, 0.15) is 0 Å². The fourth-order valence-electron chi connectivity index (χ4n) is 2.27. The van der Waals surface area contributed by atoms with E-state index in [0.29, 0.717) is 12.8 Å². The molecule has 0 aromatic carbocycles. The molecule has 0 rings (SSSR count). The highest BCUT2D eigenvalue weighted by molar-refractivity contribution is 5.66. The minimum Gasteiger partial charge on any atom is -0.481 e. The Balaban J connectivity index is 3.29. The number of hydrogen-bond acceptors (Lipinski definition) is 2. The number of unbranched alkanes of at least 4 members (excludes halogenated alkanes) is 8. The van der Waals surface area contributed by atoms with Crippen LogP contribution in [0.2, 0.25) is 0 Å². The minimum atomic E-state index is -0.739. The van der Waals surface area contributed by atoms with Gasteiger partial charge in [-0.2, -0.15) is 0 Å². The summed E-state index contributed by atoms with van der Waals surface area (Å²) in [7, 11) is 0. The highest BCUT2D eigenvalue weighted by atomic mass is 16.4. The fraction of sp³-hybridized carbons (Fsp3) is 0.750. The van der Waals surface area contributed by atoms with Gasteiger partial charge in [0.05, 0.1) is 6.10 Å². The van der Waals surface area contributed by atoms with Crippen molar-refractivity contribution in [2.45, 2.75) is 96.5 Å². The van der Waals surface area contributed by atoms with E-state index in [4.69, 9.17) is 5.11 Å². The number of carboxylic acid groups (broad SMARTS) is 1. The quantitative estimate of drug-likeness (QED) is 0.266. The molecule has 0 bridgehead atoms. The molecule has 0 heterocycles. The molecule has 132 valence electrons. The Bertz CT molecular complexity index is 363. The smallest absolute Gasteiger partial charge is 0.303 e. The van der Waals surface area contributed by atoms with E-state index in [-0.39, 0.29) is 12.5 Å². The Morgan fingerprint density at radius 3 is 2.35 bits per heavy atom. The second-order valence-electron chi connectivity index (χ2n) is 6.05. The summed E-state index contributed by atoms with van der Waals surface area (Å²) in [5.41, 5.74) is 0. The summed E-state index contributed by atoms with van der Waals surface area (Å²) in [6.07, 6.45) is 16.5.